The van der Waals surface area contributed by atoms with E-state index in [-0.39, 0.29) is 0 Å². The van der Waals surface area contributed by atoms with Gasteiger partial charge in [0.15, 0.2) is 0 Å². The van der Waals surface area contributed by atoms with Gasteiger partial charge >= 0.3 is 0 Å². The molecule has 18 heavy (non-hydrogen) atoms. The summed E-state index contributed by atoms with van der Waals surface area (Å²) in [5.74, 6) is 2.85. The van der Waals surface area contributed by atoms with Gasteiger partial charge in [-0.1, -0.05) is 6.92 Å². The third kappa shape index (κ3) is 3.25. The van der Waals surface area contributed by atoms with Crippen LogP contribution in [-0.4, -0.2) is 40.5 Å². The molecule has 0 aromatic heterocycles. The molecule has 0 spiro atoms. The van der Waals surface area contributed by atoms with Gasteiger partial charge in [0.05, 0.1) is 6.61 Å². The van der Waals surface area contributed by atoms with E-state index in [1.807, 2.05) is 7.11 Å². The number of hydrogen-bond acceptors (Lipinski definition) is 3. The van der Waals surface area contributed by atoms with Gasteiger partial charge in [0.2, 0.25) is 0 Å². The highest BCUT2D eigenvalue weighted by Gasteiger charge is 2.55. The van der Waals surface area contributed by atoms with Gasteiger partial charge in [-0.3, -0.25) is 0 Å². The molecule has 2 saturated carbocycles. The van der Waals surface area contributed by atoms with Crippen molar-refractivity contribution in [2.45, 2.75) is 32.6 Å². The lowest BCUT2D eigenvalue weighted by atomic mass is 9.71. The number of rotatable bonds is 9. The second-order valence-corrected chi connectivity index (χ2v) is 6.38. The molecule has 3 unspecified atom stereocenters. The first-order chi connectivity index (χ1) is 8.72. The normalized spacial score (nSPS) is 35.5. The van der Waals surface area contributed by atoms with Gasteiger partial charge in [-0.2, -0.15) is 0 Å². The van der Waals surface area contributed by atoms with Crippen molar-refractivity contribution in [3.63, 3.8) is 0 Å². The summed E-state index contributed by atoms with van der Waals surface area (Å²) >= 11 is 0. The van der Waals surface area contributed by atoms with Crippen LogP contribution >= 0.6 is 0 Å². The predicted octanol–water partition coefficient (Wildman–Crippen LogP) is 2.31. The highest BCUT2D eigenvalue weighted by molar-refractivity contribution is 5.05. The Bertz CT molecular complexity index is 247. The van der Waals surface area contributed by atoms with Crippen molar-refractivity contribution in [2.24, 2.45) is 23.2 Å². The molecule has 0 amide bonds. The molecule has 2 rings (SSSR count). The van der Waals surface area contributed by atoms with E-state index in [0.29, 0.717) is 5.41 Å². The molecule has 0 aromatic rings. The molecule has 1 N–H and O–H groups in total. The van der Waals surface area contributed by atoms with Gasteiger partial charge in [-0.15, -0.1) is 0 Å². The third-order valence-electron chi connectivity index (χ3n) is 5.17. The Morgan fingerprint density at radius 2 is 1.83 bits per heavy atom. The van der Waals surface area contributed by atoms with Crippen molar-refractivity contribution in [1.29, 1.82) is 0 Å². The SMILES string of the molecule is COCCNCC1(C(C)CCOC)CC2CC2C1. The molecule has 3 heteroatoms. The topological polar surface area (TPSA) is 30.5 Å². The number of ether oxygens (including phenoxy) is 2. The molecule has 0 bridgehead atoms. The standard InChI is InChI=1S/C15H29NO2/c1-12(4-6-17-2)15(11-16-5-7-18-3)9-13-8-14(13)10-15/h12-14,16H,4-11H2,1-3H3. The summed E-state index contributed by atoms with van der Waals surface area (Å²) in [6.45, 7) is 6.27. The van der Waals surface area contributed by atoms with E-state index in [1.165, 1.54) is 25.7 Å². The molecule has 0 heterocycles. The lowest BCUT2D eigenvalue weighted by molar-refractivity contribution is 0.101. The van der Waals surface area contributed by atoms with Crippen molar-refractivity contribution in [3.05, 3.63) is 0 Å². The fraction of sp³-hybridized carbons (Fsp3) is 1.00. The van der Waals surface area contributed by atoms with Crippen LogP contribution in [0.2, 0.25) is 0 Å². The van der Waals surface area contributed by atoms with E-state index in [2.05, 4.69) is 12.2 Å². The minimum atomic E-state index is 0.528. The second-order valence-electron chi connectivity index (χ2n) is 6.38. The van der Waals surface area contributed by atoms with Crippen LogP contribution < -0.4 is 5.32 Å². The van der Waals surface area contributed by atoms with Crippen molar-refractivity contribution in [1.82, 2.24) is 5.32 Å². The number of methoxy groups -OCH3 is 2. The van der Waals surface area contributed by atoms with Gasteiger partial charge in [-0.05, 0) is 48.9 Å². The van der Waals surface area contributed by atoms with Gasteiger partial charge in [0.25, 0.3) is 0 Å². The fourth-order valence-corrected chi connectivity index (χ4v) is 3.77. The van der Waals surface area contributed by atoms with Crippen LogP contribution in [0.5, 0.6) is 0 Å². The summed E-state index contributed by atoms with van der Waals surface area (Å²) in [6.07, 6.45) is 5.56. The molecule has 3 nitrogen and oxygen atoms in total. The van der Waals surface area contributed by atoms with E-state index in [4.69, 9.17) is 9.47 Å². The molecule has 0 saturated heterocycles. The minimum absolute atomic E-state index is 0.528. The maximum Gasteiger partial charge on any atom is 0.0587 e. The Kier molecular flexibility index (Phi) is 5.05. The van der Waals surface area contributed by atoms with Crippen LogP contribution in [0.25, 0.3) is 0 Å². The average molecular weight is 255 g/mol. The number of nitrogens with one attached hydrogen (secondary N) is 1. The van der Waals surface area contributed by atoms with Gasteiger partial charge in [0, 0.05) is 33.9 Å². The van der Waals surface area contributed by atoms with Crippen LogP contribution in [0.3, 0.4) is 0 Å². The first-order valence-corrected chi connectivity index (χ1v) is 7.40. The Morgan fingerprint density at radius 1 is 1.17 bits per heavy atom. The zero-order chi connectivity index (χ0) is 13.0. The highest BCUT2D eigenvalue weighted by atomic mass is 16.5. The van der Waals surface area contributed by atoms with E-state index in [1.54, 1.807) is 7.11 Å². The molecular formula is C15H29NO2. The number of hydrogen-bond donors (Lipinski definition) is 1. The van der Waals surface area contributed by atoms with Gasteiger partial charge < -0.3 is 14.8 Å². The fourth-order valence-electron chi connectivity index (χ4n) is 3.77. The Hall–Kier alpha value is -0.120. The molecule has 2 fully saturated rings. The number of fused-ring (bicyclic) bond motifs is 1. The maximum atomic E-state index is 5.26. The Labute approximate surface area is 112 Å². The summed E-state index contributed by atoms with van der Waals surface area (Å²) in [5.41, 5.74) is 0.528. The van der Waals surface area contributed by atoms with Crippen LogP contribution in [0, 0.1) is 23.2 Å². The largest absolute Gasteiger partial charge is 0.385 e. The zero-order valence-corrected chi connectivity index (χ0v) is 12.2. The predicted molar refractivity (Wildman–Crippen MR) is 73.7 cm³/mol. The molecule has 0 radical (unpaired) electrons. The molecular weight excluding hydrogens is 226 g/mol. The van der Waals surface area contributed by atoms with E-state index in [9.17, 15) is 0 Å². The van der Waals surface area contributed by atoms with Gasteiger partial charge in [0.1, 0.15) is 0 Å². The molecule has 3 atom stereocenters. The van der Waals surface area contributed by atoms with Gasteiger partial charge in [-0.25, -0.2) is 0 Å². The molecule has 0 aliphatic heterocycles. The van der Waals surface area contributed by atoms with E-state index < -0.39 is 0 Å². The first kappa shape index (κ1) is 14.3. The van der Waals surface area contributed by atoms with Crippen LogP contribution in [0.4, 0.5) is 0 Å². The summed E-state index contributed by atoms with van der Waals surface area (Å²) in [5, 5.41) is 3.60. The Morgan fingerprint density at radius 3 is 2.44 bits per heavy atom. The molecule has 2 aliphatic rings. The Balaban J connectivity index is 1.83. The third-order valence-corrected chi connectivity index (χ3v) is 5.17. The first-order valence-electron chi connectivity index (χ1n) is 7.40. The van der Waals surface area contributed by atoms with E-state index >= 15 is 0 Å². The molecule has 2 aliphatic carbocycles. The van der Waals surface area contributed by atoms with E-state index in [0.717, 1.165) is 44.1 Å². The summed E-state index contributed by atoms with van der Waals surface area (Å²) < 4.78 is 10.4. The monoisotopic (exact) mass is 255 g/mol. The average Bonchev–Trinajstić information content (AvgIpc) is 2.99. The van der Waals surface area contributed by atoms with Crippen LogP contribution in [0.15, 0.2) is 0 Å². The quantitative estimate of drug-likeness (QED) is 0.641. The zero-order valence-electron chi connectivity index (χ0n) is 12.2. The molecule has 106 valence electrons. The van der Waals surface area contributed by atoms with Crippen LogP contribution in [0.1, 0.15) is 32.6 Å². The maximum absolute atomic E-state index is 5.26. The minimum Gasteiger partial charge on any atom is -0.385 e. The smallest absolute Gasteiger partial charge is 0.0587 e. The summed E-state index contributed by atoms with van der Waals surface area (Å²) in [4.78, 5) is 0. The second kappa shape index (κ2) is 6.36. The highest BCUT2D eigenvalue weighted by Crippen LogP contribution is 2.62. The van der Waals surface area contributed by atoms with Crippen molar-refractivity contribution in [2.75, 3.05) is 40.5 Å². The lowest BCUT2D eigenvalue weighted by Crippen LogP contribution is -2.40. The van der Waals surface area contributed by atoms with Crippen molar-refractivity contribution in [3.8, 4) is 0 Å². The molecule has 0 aromatic carbocycles. The van der Waals surface area contributed by atoms with Crippen LogP contribution in [-0.2, 0) is 9.47 Å². The lowest BCUT2D eigenvalue weighted by Gasteiger charge is -2.37. The van der Waals surface area contributed by atoms with Crippen molar-refractivity contribution >= 4 is 0 Å². The summed E-state index contributed by atoms with van der Waals surface area (Å²) in [6, 6.07) is 0. The van der Waals surface area contributed by atoms with Crippen molar-refractivity contribution < 1.29 is 9.47 Å². The summed E-state index contributed by atoms with van der Waals surface area (Å²) in [7, 11) is 3.58.